The Labute approximate surface area is 151 Å². The van der Waals surface area contributed by atoms with Gasteiger partial charge in [0.15, 0.2) is 5.69 Å². The third-order valence-corrected chi connectivity index (χ3v) is 5.19. The maximum absolute atomic E-state index is 6.30. The van der Waals surface area contributed by atoms with E-state index in [1.54, 1.807) is 0 Å². The minimum absolute atomic E-state index is 0.939. The molecule has 2 aromatic heterocycles. The maximum Gasteiger partial charge on any atom is 0.286 e. The molecule has 0 aliphatic carbocycles. The number of hydrogen-bond acceptors (Lipinski definition) is 2. The number of rotatable bonds is 1. The van der Waals surface area contributed by atoms with Gasteiger partial charge in [-0.25, -0.2) is 4.57 Å². The van der Waals surface area contributed by atoms with Gasteiger partial charge in [-0.2, -0.15) is 0 Å². The summed E-state index contributed by atoms with van der Waals surface area (Å²) in [4.78, 5) is 4.36. The Kier molecular flexibility index (Phi) is 3.13. The van der Waals surface area contributed by atoms with Crippen LogP contribution >= 0.6 is 0 Å². The number of furan rings is 1. The second kappa shape index (κ2) is 5.40. The molecule has 0 aliphatic heterocycles. The molecule has 0 bridgehead atoms. The zero-order valence-corrected chi connectivity index (χ0v) is 15.1. The van der Waals surface area contributed by atoms with Crippen LogP contribution in [0.5, 0.6) is 0 Å². The summed E-state index contributed by atoms with van der Waals surface area (Å²) in [5.41, 5.74) is 6.38. The standard InChI is InChI=1S/C23H19N2O/c1-14-10-21(25(3)13-24-14)18-8-9-19-20-11-16-6-4-5-7-17(16)12-22(20)26-23(19)15(18)2/h4-13H,1-3H3/q+1. The minimum atomic E-state index is 0.939. The van der Waals surface area contributed by atoms with Gasteiger partial charge >= 0.3 is 0 Å². The minimum Gasteiger partial charge on any atom is -0.456 e. The average molecular weight is 339 g/mol. The van der Waals surface area contributed by atoms with Crippen molar-refractivity contribution in [2.45, 2.75) is 13.8 Å². The summed E-state index contributed by atoms with van der Waals surface area (Å²) in [7, 11) is 2.02. The highest BCUT2D eigenvalue weighted by Crippen LogP contribution is 2.36. The molecule has 3 aromatic carbocycles. The molecule has 126 valence electrons. The molecule has 0 atom stereocenters. The zero-order valence-electron chi connectivity index (χ0n) is 15.1. The summed E-state index contributed by atoms with van der Waals surface area (Å²) in [6, 6.07) is 19.3. The van der Waals surface area contributed by atoms with Crippen LogP contribution in [0.3, 0.4) is 0 Å². The van der Waals surface area contributed by atoms with Crippen molar-refractivity contribution in [3.63, 3.8) is 0 Å². The summed E-state index contributed by atoms with van der Waals surface area (Å²) < 4.78 is 8.35. The van der Waals surface area contributed by atoms with Crippen LogP contribution in [0.4, 0.5) is 0 Å². The van der Waals surface area contributed by atoms with Crippen LogP contribution < -0.4 is 4.57 Å². The smallest absolute Gasteiger partial charge is 0.286 e. The molecular weight excluding hydrogens is 320 g/mol. The molecule has 5 aromatic rings. The van der Waals surface area contributed by atoms with E-state index in [4.69, 9.17) is 4.42 Å². The van der Waals surface area contributed by atoms with Crippen molar-refractivity contribution in [1.29, 1.82) is 0 Å². The number of fused-ring (bicyclic) bond motifs is 4. The SMILES string of the molecule is Cc1cc(-c2ccc3c(oc4cc5ccccc5cc43)c2C)[n+](C)cn1. The quantitative estimate of drug-likeness (QED) is 0.391. The molecule has 0 N–H and O–H groups in total. The summed E-state index contributed by atoms with van der Waals surface area (Å²) in [6.07, 6.45) is 1.86. The third kappa shape index (κ3) is 2.14. The number of aromatic nitrogens is 2. The highest BCUT2D eigenvalue weighted by Gasteiger charge is 2.17. The van der Waals surface area contributed by atoms with Crippen LogP contribution in [0.2, 0.25) is 0 Å². The van der Waals surface area contributed by atoms with Crippen molar-refractivity contribution in [2.24, 2.45) is 7.05 Å². The normalized spacial score (nSPS) is 11.7. The van der Waals surface area contributed by atoms with Crippen LogP contribution in [0.1, 0.15) is 11.3 Å². The van der Waals surface area contributed by atoms with Crippen molar-refractivity contribution in [3.05, 3.63) is 72.2 Å². The van der Waals surface area contributed by atoms with Crippen molar-refractivity contribution < 1.29 is 8.98 Å². The Bertz CT molecular complexity index is 1310. The Morgan fingerprint density at radius 1 is 0.885 bits per heavy atom. The molecule has 0 aliphatic rings. The van der Waals surface area contributed by atoms with E-state index < -0.39 is 0 Å². The van der Waals surface area contributed by atoms with Crippen LogP contribution in [0, 0.1) is 13.8 Å². The first-order valence-corrected chi connectivity index (χ1v) is 8.79. The van der Waals surface area contributed by atoms with E-state index in [9.17, 15) is 0 Å². The topological polar surface area (TPSA) is 29.9 Å². The Morgan fingerprint density at radius 3 is 2.46 bits per heavy atom. The molecule has 0 fully saturated rings. The molecule has 0 spiro atoms. The number of aryl methyl sites for hydroxylation is 3. The van der Waals surface area contributed by atoms with Crippen molar-refractivity contribution >= 4 is 32.7 Å². The second-order valence-electron chi connectivity index (χ2n) is 6.94. The molecule has 0 radical (unpaired) electrons. The fraction of sp³-hybridized carbons (Fsp3) is 0.130. The van der Waals surface area contributed by atoms with Crippen molar-refractivity contribution in [1.82, 2.24) is 4.98 Å². The van der Waals surface area contributed by atoms with Crippen LogP contribution in [0.25, 0.3) is 44.0 Å². The number of nitrogens with zero attached hydrogens (tertiary/aromatic N) is 2. The van der Waals surface area contributed by atoms with Gasteiger partial charge in [0.05, 0.1) is 7.05 Å². The highest BCUT2D eigenvalue weighted by molar-refractivity contribution is 6.11. The van der Waals surface area contributed by atoms with Crippen LogP contribution in [-0.2, 0) is 7.05 Å². The van der Waals surface area contributed by atoms with E-state index in [-0.39, 0.29) is 0 Å². The largest absolute Gasteiger partial charge is 0.456 e. The van der Waals surface area contributed by atoms with Crippen molar-refractivity contribution in [2.75, 3.05) is 0 Å². The molecule has 5 rings (SSSR count). The lowest BCUT2D eigenvalue weighted by molar-refractivity contribution is -0.663. The second-order valence-corrected chi connectivity index (χ2v) is 6.94. The summed E-state index contributed by atoms with van der Waals surface area (Å²) >= 11 is 0. The van der Waals surface area contributed by atoms with Crippen molar-refractivity contribution in [3.8, 4) is 11.3 Å². The lowest BCUT2D eigenvalue weighted by Gasteiger charge is -2.07. The molecule has 0 saturated carbocycles. The van der Waals surface area contributed by atoms with E-state index in [0.29, 0.717) is 0 Å². The molecule has 0 amide bonds. The number of hydrogen-bond donors (Lipinski definition) is 0. The lowest BCUT2D eigenvalue weighted by Crippen LogP contribution is -2.31. The molecule has 0 saturated heterocycles. The third-order valence-electron chi connectivity index (χ3n) is 5.19. The molecule has 3 heteroatoms. The van der Waals surface area contributed by atoms with E-state index >= 15 is 0 Å². The number of benzene rings is 3. The summed E-state index contributed by atoms with van der Waals surface area (Å²) in [6.45, 7) is 4.15. The van der Waals surface area contributed by atoms with Gasteiger partial charge in [0.25, 0.3) is 6.33 Å². The van der Waals surface area contributed by atoms with Gasteiger partial charge in [-0.3, -0.25) is 0 Å². The fourth-order valence-electron chi connectivity index (χ4n) is 3.78. The predicted molar refractivity (Wildman–Crippen MR) is 105 cm³/mol. The van der Waals surface area contributed by atoms with Gasteiger partial charge in [0, 0.05) is 34.9 Å². The maximum atomic E-state index is 6.30. The van der Waals surface area contributed by atoms with E-state index in [0.717, 1.165) is 28.1 Å². The predicted octanol–water partition coefficient (Wildman–Crippen LogP) is 5.24. The Balaban J connectivity index is 1.84. The van der Waals surface area contributed by atoms with Crippen LogP contribution in [0.15, 0.2) is 65.3 Å². The average Bonchev–Trinajstić information content (AvgIpc) is 3.01. The van der Waals surface area contributed by atoms with Gasteiger partial charge in [-0.15, -0.1) is 0 Å². The summed E-state index contributed by atoms with van der Waals surface area (Å²) in [5, 5.41) is 4.78. The van der Waals surface area contributed by atoms with E-state index in [2.05, 4.69) is 71.1 Å². The lowest BCUT2D eigenvalue weighted by atomic mass is 10.00. The monoisotopic (exact) mass is 339 g/mol. The van der Waals surface area contributed by atoms with Crippen LogP contribution in [-0.4, -0.2) is 4.98 Å². The van der Waals surface area contributed by atoms with Gasteiger partial charge in [-0.05, 0) is 42.0 Å². The molecule has 2 heterocycles. The molecule has 0 unspecified atom stereocenters. The van der Waals surface area contributed by atoms with Gasteiger partial charge in [0.1, 0.15) is 16.9 Å². The first kappa shape index (κ1) is 15.1. The van der Waals surface area contributed by atoms with E-state index in [1.165, 1.54) is 27.1 Å². The Morgan fingerprint density at radius 2 is 1.65 bits per heavy atom. The fourth-order valence-corrected chi connectivity index (χ4v) is 3.78. The molecule has 3 nitrogen and oxygen atoms in total. The van der Waals surface area contributed by atoms with E-state index in [1.807, 2.05) is 20.3 Å². The first-order chi connectivity index (χ1) is 12.6. The zero-order chi connectivity index (χ0) is 17.8. The Hall–Kier alpha value is -3.20. The van der Waals surface area contributed by atoms with Gasteiger partial charge < -0.3 is 4.42 Å². The molecule has 26 heavy (non-hydrogen) atoms. The van der Waals surface area contributed by atoms with Gasteiger partial charge in [0.2, 0.25) is 0 Å². The van der Waals surface area contributed by atoms with Gasteiger partial charge in [-0.1, -0.05) is 29.2 Å². The summed E-state index contributed by atoms with van der Waals surface area (Å²) in [5.74, 6) is 0. The highest BCUT2D eigenvalue weighted by atomic mass is 16.3. The molecular formula is C23H19N2O+. The first-order valence-electron chi connectivity index (χ1n) is 8.79.